The van der Waals surface area contributed by atoms with E-state index in [-0.39, 0.29) is 24.8 Å². The number of aryl methyl sites for hydroxylation is 2. The second-order valence-electron chi connectivity index (χ2n) is 6.04. The normalized spacial score (nSPS) is 10.6. The number of carbonyl (C=O) groups is 1. The molecule has 2 rings (SSSR count). The quantitative estimate of drug-likeness (QED) is 0.444. The monoisotopic (exact) mass is 374 g/mol. The molecule has 146 valence electrons. The minimum atomic E-state index is -0.336. The van der Waals surface area contributed by atoms with Crippen LogP contribution in [0.3, 0.4) is 0 Å². The van der Waals surface area contributed by atoms with E-state index >= 15 is 0 Å². The predicted octanol–water partition coefficient (Wildman–Crippen LogP) is 5.24. The van der Waals surface area contributed by atoms with Crippen LogP contribution in [0.5, 0.6) is 17.2 Å². The van der Waals surface area contributed by atoms with Crippen LogP contribution in [0.25, 0.3) is 0 Å². The molecule has 0 radical (unpaired) electrons. The molecule has 0 unspecified atom stereocenters. The molecular formula is C22H27FO4. The number of esters is 1. The number of ether oxygens (including phenoxy) is 3. The highest BCUT2D eigenvalue weighted by Gasteiger charge is 2.16. The molecule has 4 nitrogen and oxygen atoms in total. The van der Waals surface area contributed by atoms with E-state index in [9.17, 15) is 9.18 Å². The topological polar surface area (TPSA) is 44.8 Å². The first-order valence-electron chi connectivity index (χ1n) is 9.43. The molecule has 0 aliphatic rings. The maximum atomic E-state index is 14.2. The summed E-state index contributed by atoms with van der Waals surface area (Å²) in [6.45, 7) is 8.12. The first-order valence-corrected chi connectivity index (χ1v) is 9.43. The summed E-state index contributed by atoms with van der Waals surface area (Å²) in [6.07, 6.45) is 1.62. The fourth-order valence-corrected chi connectivity index (χ4v) is 2.75. The van der Waals surface area contributed by atoms with Gasteiger partial charge in [-0.2, -0.15) is 0 Å². The molecule has 0 amide bonds. The second-order valence-corrected chi connectivity index (χ2v) is 6.04. The Hall–Kier alpha value is -2.56. The van der Waals surface area contributed by atoms with Gasteiger partial charge in [0, 0.05) is 12.5 Å². The van der Waals surface area contributed by atoms with Crippen molar-refractivity contribution in [3.05, 3.63) is 52.8 Å². The molecule has 0 atom stereocenters. The molecule has 5 heteroatoms. The Morgan fingerprint density at radius 2 is 1.63 bits per heavy atom. The fourth-order valence-electron chi connectivity index (χ4n) is 2.75. The van der Waals surface area contributed by atoms with Crippen LogP contribution in [-0.4, -0.2) is 12.6 Å². The summed E-state index contributed by atoms with van der Waals surface area (Å²) >= 11 is 0. The summed E-state index contributed by atoms with van der Waals surface area (Å²) in [5, 5.41) is 0. The number of hydrogen-bond acceptors (Lipinski definition) is 4. The molecule has 0 fully saturated rings. The SMILES string of the molecule is CCOc1cccc(OC(=O)CC)c1COc1cc(F)c(CC)cc1CC. The van der Waals surface area contributed by atoms with Crippen molar-refractivity contribution in [3.63, 3.8) is 0 Å². The maximum Gasteiger partial charge on any atom is 0.310 e. The lowest BCUT2D eigenvalue weighted by Gasteiger charge is -2.17. The van der Waals surface area contributed by atoms with Crippen LogP contribution in [-0.2, 0) is 24.2 Å². The zero-order chi connectivity index (χ0) is 19.8. The van der Waals surface area contributed by atoms with Gasteiger partial charge in [-0.05, 0) is 49.1 Å². The van der Waals surface area contributed by atoms with E-state index in [0.29, 0.717) is 41.4 Å². The maximum absolute atomic E-state index is 14.2. The first-order chi connectivity index (χ1) is 13.0. The van der Waals surface area contributed by atoms with Crippen LogP contribution >= 0.6 is 0 Å². The standard InChI is InChI=1S/C22H27FO4/c1-5-15-12-16(6-2)21(13-18(15)23)26-14-17-19(25-8-4)10-9-11-20(17)27-22(24)7-3/h9-13H,5-8,14H2,1-4H3. The molecule has 2 aromatic carbocycles. The summed E-state index contributed by atoms with van der Waals surface area (Å²) < 4.78 is 31.2. The smallest absolute Gasteiger partial charge is 0.310 e. The van der Waals surface area contributed by atoms with E-state index in [1.165, 1.54) is 6.07 Å². The van der Waals surface area contributed by atoms with Crippen LogP contribution in [0, 0.1) is 5.82 Å². The molecule has 0 aromatic heterocycles. The van der Waals surface area contributed by atoms with Gasteiger partial charge in [-0.25, -0.2) is 4.39 Å². The number of benzene rings is 2. The Kier molecular flexibility index (Phi) is 7.65. The Morgan fingerprint density at radius 1 is 0.926 bits per heavy atom. The molecule has 0 aliphatic heterocycles. The molecule has 0 aliphatic carbocycles. The third-order valence-electron chi connectivity index (χ3n) is 4.27. The summed E-state index contributed by atoms with van der Waals surface area (Å²) in [5.41, 5.74) is 2.24. The summed E-state index contributed by atoms with van der Waals surface area (Å²) in [7, 11) is 0. The molecule has 2 aromatic rings. The molecule has 0 bridgehead atoms. The average Bonchev–Trinajstić information content (AvgIpc) is 2.67. The highest BCUT2D eigenvalue weighted by Crippen LogP contribution is 2.32. The van der Waals surface area contributed by atoms with Crippen LogP contribution in [0.1, 0.15) is 50.8 Å². The van der Waals surface area contributed by atoms with Gasteiger partial charge >= 0.3 is 5.97 Å². The third kappa shape index (κ3) is 5.22. The van der Waals surface area contributed by atoms with Gasteiger partial charge in [0.05, 0.1) is 12.2 Å². The van der Waals surface area contributed by atoms with E-state index in [1.807, 2.05) is 26.8 Å². The van der Waals surface area contributed by atoms with Crippen LogP contribution in [0.15, 0.2) is 30.3 Å². The minimum Gasteiger partial charge on any atom is -0.493 e. The first kappa shape index (κ1) is 20.7. The Bertz CT molecular complexity index is 786. The lowest BCUT2D eigenvalue weighted by atomic mass is 10.0. The van der Waals surface area contributed by atoms with E-state index in [2.05, 4.69) is 0 Å². The van der Waals surface area contributed by atoms with Crippen molar-refractivity contribution >= 4 is 5.97 Å². The van der Waals surface area contributed by atoms with Gasteiger partial charge in [-0.3, -0.25) is 4.79 Å². The predicted molar refractivity (Wildman–Crippen MR) is 103 cm³/mol. The van der Waals surface area contributed by atoms with E-state index in [1.54, 1.807) is 25.1 Å². The van der Waals surface area contributed by atoms with Gasteiger partial charge in [0.2, 0.25) is 0 Å². The number of rotatable bonds is 9. The number of hydrogen-bond donors (Lipinski definition) is 0. The summed E-state index contributed by atoms with van der Waals surface area (Å²) in [6, 6.07) is 8.54. The van der Waals surface area contributed by atoms with E-state index in [0.717, 1.165) is 12.0 Å². The number of halogens is 1. The van der Waals surface area contributed by atoms with Gasteiger partial charge < -0.3 is 14.2 Å². The van der Waals surface area contributed by atoms with Crippen molar-refractivity contribution in [2.75, 3.05) is 6.61 Å². The second kappa shape index (κ2) is 9.95. The van der Waals surface area contributed by atoms with Crippen molar-refractivity contribution in [3.8, 4) is 17.2 Å². The Labute approximate surface area is 160 Å². The molecule has 0 saturated carbocycles. The Morgan fingerprint density at radius 3 is 2.26 bits per heavy atom. The zero-order valence-corrected chi connectivity index (χ0v) is 16.4. The molecule has 0 N–H and O–H groups in total. The lowest BCUT2D eigenvalue weighted by molar-refractivity contribution is -0.134. The molecular weight excluding hydrogens is 347 g/mol. The van der Waals surface area contributed by atoms with E-state index < -0.39 is 0 Å². The van der Waals surface area contributed by atoms with Gasteiger partial charge in [0.25, 0.3) is 0 Å². The van der Waals surface area contributed by atoms with Gasteiger partial charge in [-0.15, -0.1) is 0 Å². The average molecular weight is 374 g/mol. The highest BCUT2D eigenvalue weighted by molar-refractivity contribution is 5.72. The fraction of sp³-hybridized carbons (Fsp3) is 0.409. The van der Waals surface area contributed by atoms with Crippen molar-refractivity contribution in [1.82, 2.24) is 0 Å². The lowest BCUT2D eigenvalue weighted by Crippen LogP contribution is -2.10. The molecule has 0 saturated heterocycles. The van der Waals surface area contributed by atoms with Crippen molar-refractivity contribution in [2.45, 2.75) is 53.6 Å². The summed E-state index contributed by atoms with van der Waals surface area (Å²) in [4.78, 5) is 11.7. The third-order valence-corrected chi connectivity index (χ3v) is 4.27. The highest BCUT2D eigenvalue weighted by atomic mass is 19.1. The Balaban J connectivity index is 2.33. The van der Waals surface area contributed by atoms with Crippen molar-refractivity contribution in [2.24, 2.45) is 0 Å². The number of carbonyl (C=O) groups excluding carboxylic acids is 1. The largest absolute Gasteiger partial charge is 0.493 e. The van der Waals surface area contributed by atoms with Gasteiger partial charge in [0.1, 0.15) is 29.7 Å². The summed E-state index contributed by atoms with van der Waals surface area (Å²) in [5.74, 6) is 0.864. The van der Waals surface area contributed by atoms with Gasteiger partial charge in [-0.1, -0.05) is 26.8 Å². The van der Waals surface area contributed by atoms with Crippen LogP contribution < -0.4 is 14.2 Å². The zero-order valence-electron chi connectivity index (χ0n) is 16.4. The van der Waals surface area contributed by atoms with Crippen LogP contribution in [0.4, 0.5) is 4.39 Å². The van der Waals surface area contributed by atoms with Crippen molar-refractivity contribution in [1.29, 1.82) is 0 Å². The molecule has 27 heavy (non-hydrogen) atoms. The molecule has 0 heterocycles. The minimum absolute atomic E-state index is 0.112. The van der Waals surface area contributed by atoms with Crippen LogP contribution in [0.2, 0.25) is 0 Å². The van der Waals surface area contributed by atoms with E-state index in [4.69, 9.17) is 14.2 Å². The van der Waals surface area contributed by atoms with Crippen molar-refractivity contribution < 1.29 is 23.4 Å². The van der Waals surface area contributed by atoms with Gasteiger partial charge in [0.15, 0.2) is 0 Å². The molecule has 0 spiro atoms.